The van der Waals surface area contributed by atoms with Gasteiger partial charge in [0.15, 0.2) is 9.84 Å². The van der Waals surface area contributed by atoms with E-state index in [1.165, 1.54) is 18.2 Å². The summed E-state index contributed by atoms with van der Waals surface area (Å²) >= 11 is 0. The Morgan fingerprint density at radius 3 is 2.63 bits per heavy atom. The van der Waals surface area contributed by atoms with Crippen LogP contribution in [0.3, 0.4) is 0 Å². The Kier molecular flexibility index (Phi) is 4.58. The van der Waals surface area contributed by atoms with Gasteiger partial charge in [-0.25, -0.2) is 12.8 Å². The van der Waals surface area contributed by atoms with E-state index >= 15 is 0 Å². The van der Waals surface area contributed by atoms with Gasteiger partial charge in [0.2, 0.25) is 0 Å². The molecule has 1 aliphatic carbocycles. The minimum absolute atomic E-state index is 0.0456. The fourth-order valence-corrected chi connectivity index (χ4v) is 4.87. The van der Waals surface area contributed by atoms with E-state index in [4.69, 9.17) is 0 Å². The molecule has 0 spiro atoms. The number of rotatable bonds is 3. The van der Waals surface area contributed by atoms with E-state index in [0.717, 1.165) is 31.7 Å². The number of halogens is 1. The zero-order valence-corrected chi connectivity index (χ0v) is 11.9. The highest BCUT2D eigenvalue weighted by Gasteiger charge is 2.34. The summed E-state index contributed by atoms with van der Waals surface area (Å²) in [5, 5.41) is 2.65. The molecular weight excluding hydrogens is 265 g/mol. The van der Waals surface area contributed by atoms with Crippen LogP contribution in [-0.2, 0) is 9.84 Å². The second-order valence-corrected chi connectivity index (χ2v) is 7.24. The molecule has 1 aromatic carbocycles. The Balaban J connectivity index is 2.36. The van der Waals surface area contributed by atoms with E-state index in [-0.39, 0.29) is 10.9 Å². The normalized spacial score (nSPS) is 24.9. The van der Waals surface area contributed by atoms with Crippen LogP contribution in [0.15, 0.2) is 29.2 Å². The molecule has 1 aliphatic rings. The van der Waals surface area contributed by atoms with Gasteiger partial charge in [0.25, 0.3) is 0 Å². The lowest BCUT2D eigenvalue weighted by molar-refractivity contribution is 0.480. The Morgan fingerprint density at radius 2 is 1.95 bits per heavy atom. The molecule has 0 aliphatic heterocycles. The summed E-state index contributed by atoms with van der Waals surface area (Å²) in [5.41, 5.74) is 0. The number of hydrogen-bond donors (Lipinski definition) is 1. The van der Waals surface area contributed by atoms with Crippen molar-refractivity contribution in [3.05, 3.63) is 30.1 Å². The maximum absolute atomic E-state index is 13.2. The molecule has 0 radical (unpaired) electrons. The highest BCUT2D eigenvalue weighted by molar-refractivity contribution is 7.92. The van der Waals surface area contributed by atoms with Gasteiger partial charge in [0.05, 0.1) is 10.1 Å². The molecule has 106 valence electrons. The van der Waals surface area contributed by atoms with Crippen molar-refractivity contribution in [3.63, 3.8) is 0 Å². The van der Waals surface area contributed by atoms with Crippen LogP contribution in [0.2, 0.25) is 0 Å². The minimum Gasteiger partial charge on any atom is -0.316 e. The van der Waals surface area contributed by atoms with Gasteiger partial charge in [0.1, 0.15) is 5.82 Å². The van der Waals surface area contributed by atoms with Crippen molar-refractivity contribution < 1.29 is 12.8 Å². The molecule has 1 saturated carbocycles. The Bertz CT molecular complexity index is 530. The third-order valence-corrected chi connectivity index (χ3v) is 6.12. The van der Waals surface area contributed by atoms with Gasteiger partial charge in [-0.1, -0.05) is 25.3 Å². The minimum atomic E-state index is -3.47. The second kappa shape index (κ2) is 6.01. The largest absolute Gasteiger partial charge is 0.316 e. The van der Waals surface area contributed by atoms with E-state index in [9.17, 15) is 12.8 Å². The van der Waals surface area contributed by atoms with Crippen molar-refractivity contribution in [2.24, 2.45) is 0 Å². The van der Waals surface area contributed by atoms with E-state index in [1.54, 1.807) is 7.05 Å². The topological polar surface area (TPSA) is 46.2 Å². The Labute approximate surface area is 114 Å². The predicted octanol–water partition coefficient (Wildman–Crippen LogP) is 2.52. The highest BCUT2D eigenvalue weighted by Crippen LogP contribution is 2.28. The fraction of sp³-hybridized carbons (Fsp3) is 0.571. The van der Waals surface area contributed by atoms with Crippen LogP contribution < -0.4 is 5.32 Å². The van der Waals surface area contributed by atoms with Gasteiger partial charge in [0, 0.05) is 6.04 Å². The maximum Gasteiger partial charge on any atom is 0.182 e. The number of benzene rings is 1. The maximum atomic E-state index is 13.2. The molecule has 1 fully saturated rings. The lowest BCUT2D eigenvalue weighted by Gasteiger charge is -2.24. The smallest absolute Gasteiger partial charge is 0.182 e. The van der Waals surface area contributed by atoms with Crippen LogP contribution in [0.4, 0.5) is 4.39 Å². The first kappa shape index (κ1) is 14.5. The fourth-order valence-electron chi connectivity index (χ4n) is 2.79. The summed E-state index contributed by atoms with van der Waals surface area (Å²) in [5.74, 6) is -0.504. The van der Waals surface area contributed by atoms with Crippen LogP contribution in [-0.4, -0.2) is 26.8 Å². The van der Waals surface area contributed by atoms with Gasteiger partial charge in [-0.05, 0) is 38.1 Å². The molecule has 3 nitrogen and oxygen atoms in total. The van der Waals surface area contributed by atoms with Gasteiger partial charge in [-0.2, -0.15) is 0 Å². The monoisotopic (exact) mass is 285 g/mol. The van der Waals surface area contributed by atoms with Crippen molar-refractivity contribution in [1.29, 1.82) is 0 Å². The van der Waals surface area contributed by atoms with Crippen molar-refractivity contribution in [2.75, 3.05) is 7.05 Å². The Morgan fingerprint density at radius 1 is 1.21 bits per heavy atom. The molecule has 1 N–H and O–H groups in total. The number of hydrogen-bond acceptors (Lipinski definition) is 3. The van der Waals surface area contributed by atoms with E-state index in [1.807, 2.05) is 0 Å². The first-order chi connectivity index (χ1) is 9.05. The summed E-state index contributed by atoms with van der Waals surface area (Å²) < 4.78 is 38.6. The van der Waals surface area contributed by atoms with Crippen LogP contribution in [0.25, 0.3) is 0 Å². The predicted molar refractivity (Wildman–Crippen MR) is 73.3 cm³/mol. The molecule has 0 heterocycles. The zero-order valence-electron chi connectivity index (χ0n) is 11.1. The van der Waals surface area contributed by atoms with Gasteiger partial charge in [-0.15, -0.1) is 0 Å². The molecule has 0 aromatic heterocycles. The summed E-state index contributed by atoms with van der Waals surface area (Å²) in [4.78, 5) is 0.0969. The molecule has 2 unspecified atom stereocenters. The van der Waals surface area contributed by atoms with E-state index < -0.39 is 20.9 Å². The SMILES string of the molecule is CNC1CCCCCC1S(=O)(=O)c1cccc(F)c1. The van der Waals surface area contributed by atoms with Crippen LogP contribution >= 0.6 is 0 Å². The number of sulfone groups is 1. The van der Waals surface area contributed by atoms with Crippen LogP contribution in [0.1, 0.15) is 32.1 Å². The molecular formula is C14H20FNO2S. The summed E-state index contributed by atoms with van der Waals surface area (Å²) in [6.07, 6.45) is 4.52. The summed E-state index contributed by atoms with van der Waals surface area (Å²) in [6, 6.07) is 5.27. The van der Waals surface area contributed by atoms with Crippen LogP contribution in [0, 0.1) is 5.82 Å². The standard InChI is InChI=1S/C14H20FNO2S/c1-16-13-8-3-2-4-9-14(13)19(17,18)12-7-5-6-11(15)10-12/h5-7,10,13-14,16H,2-4,8-9H2,1H3. The van der Waals surface area contributed by atoms with Crippen molar-refractivity contribution >= 4 is 9.84 Å². The van der Waals surface area contributed by atoms with Gasteiger partial charge < -0.3 is 5.32 Å². The molecule has 0 saturated heterocycles. The van der Waals surface area contributed by atoms with Crippen molar-refractivity contribution in [2.45, 2.75) is 48.3 Å². The quantitative estimate of drug-likeness (QED) is 0.868. The molecule has 0 amide bonds. The van der Waals surface area contributed by atoms with Crippen LogP contribution in [0.5, 0.6) is 0 Å². The van der Waals surface area contributed by atoms with Gasteiger partial charge >= 0.3 is 0 Å². The first-order valence-electron chi connectivity index (χ1n) is 6.72. The molecule has 2 rings (SSSR count). The molecule has 0 bridgehead atoms. The van der Waals surface area contributed by atoms with E-state index in [0.29, 0.717) is 6.42 Å². The first-order valence-corrected chi connectivity index (χ1v) is 8.27. The highest BCUT2D eigenvalue weighted by atomic mass is 32.2. The lowest BCUT2D eigenvalue weighted by atomic mass is 10.1. The second-order valence-electron chi connectivity index (χ2n) is 5.07. The molecule has 1 aromatic rings. The third-order valence-electron chi connectivity index (χ3n) is 3.85. The summed E-state index contributed by atoms with van der Waals surface area (Å²) in [6.45, 7) is 0. The van der Waals surface area contributed by atoms with Crippen molar-refractivity contribution in [3.8, 4) is 0 Å². The number of nitrogens with one attached hydrogen (secondary N) is 1. The zero-order chi connectivity index (χ0) is 13.9. The molecule has 19 heavy (non-hydrogen) atoms. The third kappa shape index (κ3) is 3.15. The van der Waals surface area contributed by atoms with E-state index in [2.05, 4.69) is 5.32 Å². The lowest BCUT2D eigenvalue weighted by Crippen LogP contribution is -2.41. The summed E-state index contributed by atoms with van der Waals surface area (Å²) in [7, 11) is -1.68. The van der Waals surface area contributed by atoms with Gasteiger partial charge in [-0.3, -0.25) is 0 Å². The average molecular weight is 285 g/mol. The van der Waals surface area contributed by atoms with Crippen molar-refractivity contribution in [1.82, 2.24) is 5.32 Å². The molecule has 5 heteroatoms. The Hall–Kier alpha value is -0.940. The molecule has 2 atom stereocenters. The average Bonchev–Trinajstić information content (AvgIpc) is 2.64.